The molecular formula is C19H29ClN4O4. The highest BCUT2D eigenvalue weighted by Crippen LogP contribution is 2.31. The molecular weight excluding hydrogens is 384 g/mol. The molecule has 0 aromatic carbocycles. The van der Waals surface area contributed by atoms with Crippen LogP contribution in [0.3, 0.4) is 0 Å². The highest BCUT2D eigenvalue weighted by molar-refractivity contribution is 6.29. The molecule has 2 aliphatic rings. The van der Waals surface area contributed by atoms with E-state index < -0.39 is 5.60 Å². The van der Waals surface area contributed by atoms with E-state index in [9.17, 15) is 4.79 Å². The van der Waals surface area contributed by atoms with Crippen molar-refractivity contribution in [1.82, 2.24) is 14.9 Å². The Labute approximate surface area is 171 Å². The summed E-state index contributed by atoms with van der Waals surface area (Å²) in [6.07, 6.45) is 1.11. The zero-order valence-corrected chi connectivity index (χ0v) is 17.9. The molecule has 1 amide bonds. The molecule has 28 heavy (non-hydrogen) atoms. The van der Waals surface area contributed by atoms with E-state index in [-0.39, 0.29) is 24.3 Å². The van der Waals surface area contributed by atoms with Crippen molar-refractivity contribution in [2.45, 2.75) is 64.3 Å². The molecule has 0 bridgehead atoms. The molecule has 1 aromatic heterocycles. The Morgan fingerprint density at radius 2 is 2.07 bits per heavy atom. The van der Waals surface area contributed by atoms with E-state index in [1.165, 1.54) is 0 Å². The number of nitrogens with zero attached hydrogens (tertiary/aromatic N) is 4. The number of carbonyl (C=O) groups is 1. The highest BCUT2D eigenvalue weighted by atomic mass is 35.5. The van der Waals surface area contributed by atoms with E-state index in [0.717, 1.165) is 12.8 Å². The molecule has 2 fully saturated rings. The van der Waals surface area contributed by atoms with Crippen LogP contribution in [0.5, 0.6) is 5.88 Å². The fourth-order valence-corrected chi connectivity index (χ4v) is 3.37. The third kappa shape index (κ3) is 5.17. The van der Waals surface area contributed by atoms with Crippen LogP contribution in [0.25, 0.3) is 0 Å². The number of hydrogen-bond acceptors (Lipinski definition) is 7. The third-order valence-electron chi connectivity index (χ3n) is 4.87. The summed E-state index contributed by atoms with van der Waals surface area (Å²) in [5, 5.41) is 0.348. The van der Waals surface area contributed by atoms with E-state index >= 15 is 0 Å². The second-order valence-corrected chi connectivity index (χ2v) is 8.79. The standard InChI is InChI=1S/C19H29ClN4O4/c1-12-11-26-7-6-24(12)17-21-15(20)10-16(22-17)27-14-8-13(9-14)23(5)18(25)28-19(2,3)4/h10,12-14H,6-9,11H2,1-5H3/t12-,13-,14-/m0/s1. The summed E-state index contributed by atoms with van der Waals surface area (Å²) in [5.74, 6) is 1.01. The van der Waals surface area contributed by atoms with Gasteiger partial charge in [-0.05, 0) is 27.7 Å². The van der Waals surface area contributed by atoms with Crippen LogP contribution in [0, 0.1) is 0 Å². The van der Waals surface area contributed by atoms with Gasteiger partial charge in [-0.3, -0.25) is 0 Å². The zero-order valence-electron chi connectivity index (χ0n) is 17.1. The molecule has 8 nitrogen and oxygen atoms in total. The zero-order chi connectivity index (χ0) is 20.5. The number of ether oxygens (including phenoxy) is 3. The quantitative estimate of drug-likeness (QED) is 0.703. The molecule has 2 heterocycles. The Kier molecular flexibility index (Phi) is 6.19. The molecule has 1 aliphatic carbocycles. The van der Waals surface area contributed by atoms with Gasteiger partial charge in [0.05, 0.1) is 19.3 Å². The van der Waals surface area contributed by atoms with Crippen molar-refractivity contribution in [3.8, 4) is 5.88 Å². The summed E-state index contributed by atoms with van der Waals surface area (Å²) in [6.45, 7) is 9.62. The Morgan fingerprint density at radius 3 is 2.71 bits per heavy atom. The predicted molar refractivity (Wildman–Crippen MR) is 106 cm³/mol. The normalized spacial score (nSPS) is 25.1. The van der Waals surface area contributed by atoms with Crippen LogP contribution < -0.4 is 9.64 Å². The fraction of sp³-hybridized carbons (Fsp3) is 0.737. The van der Waals surface area contributed by atoms with Gasteiger partial charge in [0.2, 0.25) is 11.8 Å². The SMILES string of the molecule is C[C@H]1COCCN1c1nc(Cl)cc(O[C@H]2C[C@H](N(C)C(=O)OC(C)(C)C)C2)n1. The van der Waals surface area contributed by atoms with Gasteiger partial charge in [0.1, 0.15) is 16.9 Å². The van der Waals surface area contributed by atoms with Crippen LogP contribution in [-0.4, -0.2) is 71.6 Å². The van der Waals surface area contributed by atoms with Gasteiger partial charge < -0.3 is 24.0 Å². The molecule has 1 aromatic rings. The van der Waals surface area contributed by atoms with E-state index in [4.69, 9.17) is 25.8 Å². The topological polar surface area (TPSA) is 77.0 Å². The second-order valence-electron chi connectivity index (χ2n) is 8.40. The number of rotatable bonds is 4. The molecule has 0 N–H and O–H groups in total. The van der Waals surface area contributed by atoms with Crippen LogP contribution in [0.15, 0.2) is 6.07 Å². The summed E-state index contributed by atoms with van der Waals surface area (Å²) >= 11 is 6.19. The van der Waals surface area contributed by atoms with E-state index in [1.807, 2.05) is 20.8 Å². The minimum Gasteiger partial charge on any atom is -0.474 e. The molecule has 1 atom stereocenters. The Morgan fingerprint density at radius 1 is 1.36 bits per heavy atom. The monoisotopic (exact) mass is 412 g/mol. The van der Waals surface area contributed by atoms with Gasteiger partial charge in [-0.1, -0.05) is 11.6 Å². The molecule has 3 rings (SSSR count). The van der Waals surface area contributed by atoms with Crippen molar-refractivity contribution in [1.29, 1.82) is 0 Å². The first-order chi connectivity index (χ1) is 13.1. The lowest BCUT2D eigenvalue weighted by atomic mass is 9.88. The molecule has 0 radical (unpaired) electrons. The predicted octanol–water partition coefficient (Wildman–Crippen LogP) is 3.13. The van der Waals surface area contributed by atoms with Crippen LogP contribution in [0.1, 0.15) is 40.5 Å². The van der Waals surface area contributed by atoms with Gasteiger partial charge in [0.15, 0.2) is 0 Å². The van der Waals surface area contributed by atoms with Crippen LogP contribution in [0.4, 0.5) is 10.7 Å². The average molecular weight is 413 g/mol. The number of carbonyl (C=O) groups excluding carboxylic acids is 1. The van der Waals surface area contributed by atoms with Crippen molar-refractivity contribution in [2.75, 3.05) is 31.7 Å². The Balaban J connectivity index is 1.56. The highest BCUT2D eigenvalue weighted by Gasteiger charge is 2.37. The van der Waals surface area contributed by atoms with Gasteiger partial charge in [0.25, 0.3) is 0 Å². The summed E-state index contributed by atoms with van der Waals surface area (Å²) in [7, 11) is 1.76. The lowest BCUT2D eigenvalue weighted by Crippen LogP contribution is -2.51. The first-order valence-corrected chi connectivity index (χ1v) is 10.0. The number of hydrogen-bond donors (Lipinski definition) is 0. The number of amides is 1. The number of anilines is 1. The van der Waals surface area contributed by atoms with Crippen LogP contribution >= 0.6 is 11.6 Å². The van der Waals surface area contributed by atoms with Crippen molar-refractivity contribution >= 4 is 23.6 Å². The molecule has 0 unspecified atom stereocenters. The smallest absolute Gasteiger partial charge is 0.410 e. The van der Waals surface area contributed by atoms with Crippen LogP contribution in [0.2, 0.25) is 5.15 Å². The lowest BCUT2D eigenvalue weighted by molar-refractivity contribution is -0.00966. The molecule has 0 spiro atoms. The summed E-state index contributed by atoms with van der Waals surface area (Å²) in [4.78, 5) is 24.7. The maximum atomic E-state index is 12.2. The van der Waals surface area contributed by atoms with Gasteiger partial charge in [-0.15, -0.1) is 0 Å². The van der Waals surface area contributed by atoms with Gasteiger partial charge >= 0.3 is 6.09 Å². The first-order valence-electron chi connectivity index (χ1n) is 9.64. The summed E-state index contributed by atoms with van der Waals surface area (Å²) in [6, 6.07) is 1.90. The number of aromatic nitrogens is 2. The number of morpholine rings is 1. The van der Waals surface area contributed by atoms with Crippen molar-refractivity contribution in [3.63, 3.8) is 0 Å². The van der Waals surface area contributed by atoms with E-state index in [0.29, 0.717) is 36.7 Å². The van der Waals surface area contributed by atoms with Crippen molar-refractivity contribution in [3.05, 3.63) is 11.2 Å². The summed E-state index contributed by atoms with van der Waals surface area (Å²) in [5.41, 5.74) is -0.504. The minimum absolute atomic E-state index is 0.0178. The van der Waals surface area contributed by atoms with Crippen molar-refractivity contribution < 1.29 is 19.0 Å². The molecule has 1 aliphatic heterocycles. The van der Waals surface area contributed by atoms with Crippen LogP contribution in [-0.2, 0) is 9.47 Å². The molecule has 9 heteroatoms. The maximum Gasteiger partial charge on any atom is 0.410 e. The lowest BCUT2D eigenvalue weighted by Gasteiger charge is -2.41. The maximum absolute atomic E-state index is 12.2. The average Bonchev–Trinajstić information content (AvgIpc) is 2.55. The molecule has 1 saturated carbocycles. The van der Waals surface area contributed by atoms with Gasteiger partial charge in [-0.25, -0.2) is 9.78 Å². The fourth-order valence-electron chi connectivity index (χ4n) is 3.20. The largest absolute Gasteiger partial charge is 0.474 e. The third-order valence-corrected chi connectivity index (χ3v) is 5.06. The Hall–Kier alpha value is -1.80. The van der Waals surface area contributed by atoms with E-state index in [2.05, 4.69) is 21.8 Å². The van der Waals surface area contributed by atoms with Crippen molar-refractivity contribution in [2.24, 2.45) is 0 Å². The van der Waals surface area contributed by atoms with Gasteiger partial charge in [0, 0.05) is 38.5 Å². The van der Waals surface area contributed by atoms with Gasteiger partial charge in [-0.2, -0.15) is 4.98 Å². The first kappa shape index (κ1) is 20.9. The summed E-state index contributed by atoms with van der Waals surface area (Å²) < 4.78 is 16.9. The molecule has 1 saturated heterocycles. The second kappa shape index (κ2) is 8.29. The minimum atomic E-state index is -0.504. The number of halogens is 1. The molecule has 156 valence electrons. The Bertz CT molecular complexity index is 706. The van der Waals surface area contributed by atoms with E-state index in [1.54, 1.807) is 18.0 Å².